The van der Waals surface area contributed by atoms with Gasteiger partial charge in [-0.25, -0.2) is 15.0 Å². The lowest BCUT2D eigenvalue weighted by atomic mass is 10.3. The average Bonchev–Trinajstić information content (AvgIpc) is 3.05. The van der Waals surface area contributed by atoms with Crippen molar-refractivity contribution in [3.63, 3.8) is 0 Å². The molecular formula is C14H12N6O2. The first-order valence-corrected chi connectivity index (χ1v) is 6.88. The van der Waals surface area contributed by atoms with Gasteiger partial charge in [-0.15, -0.1) is 0 Å². The molecule has 0 atom stereocenters. The lowest BCUT2D eigenvalue weighted by Crippen LogP contribution is -2.13. The maximum Gasteiger partial charge on any atom is 0.277 e. The first kappa shape index (κ1) is 12.7. The molecule has 0 bridgehead atoms. The minimum absolute atomic E-state index is 0.264. The summed E-state index contributed by atoms with van der Waals surface area (Å²) in [5.41, 5.74) is 0.755. The summed E-state index contributed by atoms with van der Waals surface area (Å²) in [6.45, 7) is 0. The minimum Gasteiger partial charge on any atom is -0.360 e. The van der Waals surface area contributed by atoms with Crippen molar-refractivity contribution in [2.24, 2.45) is 0 Å². The first-order valence-electron chi connectivity index (χ1n) is 6.88. The van der Waals surface area contributed by atoms with E-state index in [1.807, 2.05) is 0 Å². The molecule has 110 valence electrons. The minimum atomic E-state index is -0.338. The Morgan fingerprint density at radius 2 is 2.14 bits per heavy atom. The van der Waals surface area contributed by atoms with E-state index >= 15 is 0 Å². The van der Waals surface area contributed by atoms with Crippen LogP contribution in [0.2, 0.25) is 0 Å². The predicted octanol–water partition coefficient (Wildman–Crippen LogP) is 1.78. The topological polar surface area (TPSA) is 98.7 Å². The van der Waals surface area contributed by atoms with E-state index in [2.05, 4.69) is 25.4 Å². The Bertz CT molecular complexity index is 789. The molecule has 3 aromatic heterocycles. The van der Waals surface area contributed by atoms with E-state index in [1.54, 1.807) is 29.4 Å². The standard InChI is InChI=1S/C14H12N6O2/c21-13(11-5-12(22-19-11)9-1-2-9)18-10-6-16-14(17-7-10)20-4-3-15-8-20/h3-9H,1-2H2,(H,18,21). The molecule has 0 spiro atoms. The van der Waals surface area contributed by atoms with E-state index in [1.165, 1.54) is 12.4 Å². The van der Waals surface area contributed by atoms with Gasteiger partial charge in [0, 0.05) is 24.4 Å². The van der Waals surface area contributed by atoms with Crippen LogP contribution in [0.15, 0.2) is 41.7 Å². The second kappa shape index (κ2) is 5.06. The van der Waals surface area contributed by atoms with Crippen LogP contribution in [0, 0.1) is 0 Å². The SMILES string of the molecule is O=C(Nc1cnc(-n2ccnc2)nc1)c1cc(C2CC2)on1. The second-order valence-corrected chi connectivity index (χ2v) is 5.08. The predicted molar refractivity (Wildman–Crippen MR) is 75.6 cm³/mol. The van der Waals surface area contributed by atoms with Crippen molar-refractivity contribution >= 4 is 11.6 Å². The zero-order chi connectivity index (χ0) is 14.9. The molecule has 0 radical (unpaired) electrons. The Hall–Kier alpha value is -3.03. The fourth-order valence-corrected chi connectivity index (χ4v) is 2.05. The van der Waals surface area contributed by atoms with Gasteiger partial charge < -0.3 is 9.84 Å². The van der Waals surface area contributed by atoms with Gasteiger partial charge >= 0.3 is 0 Å². The molecule has 1 aliphatic rings. The molecule has 4 rings (SSSR count). The Morgan fingerprint density at radius 3 is 2.82 bits per heavy atom. The van der Waals surface area contributed by atoms with E-state index < -0.39 is 0 Å². The highest BCUT2D eigenvalue weighted by Gasteiger charge is 2.28. The number of aromatic nitrogens is 5. The third-order valence-electron chi connectivity index (χ3n) is 3.37. The fourth-order valence-electron chi connectivity index (χ4n) is 2.05. The summed E-state index contributed by atoms with van der Waals surface area (Å²) in [6.07, 6.45) is 10.2. The number of rotatable bonds is 4. The molecule has 1 amide bonds. The lowest BCUT2D eigenvalue weighted by Gasteiger charge is -2.03. The average molecular weight is 296 g/mol. The Balaban J connectivity index is 1.46. The highest BCUT2D eigenvalue weighted by Crippen LogP contribution is 2.40. The van der Waals surface area contributed by atoms with Gasteiger partial charge in [0.2, 0.25) is 5.95 Å². The number of imidazole rings is 1. The molecule has 22 heavy (non-hydrogen) atoms. The van der Waals surface area contributed by atoms with Crippen LogP contribution >= 0.6 is 0 Å². The van der Waals surface area contributed by atoms with Crippen LogP contribution in [0.3, 0.4) is 0 Å². The van der Waals surface area contributed by atoms with Crippen LogP contribution in [0.5, 0.6) is 0 Å². The largest absolute Gasteiger partial charge is 0.360 e. The van der Waals surface area contributed by atoms with Crippen molar-refractivity contribution in [1.82, 2.24) is 24.7 Å². The molecule has 1 fully saturated rings. The van der Waals surface area contributed by atoms with Crippen LogP contribution in [0.4, 0.5) is 5.69 Å². The maximum absolute atomic E-state index is 12.1. The molecule has 0 aromatic carbocycles. The van der Waals surface area contributed by atoms with E-state index in [0.717, 1.165) is 18.6 Å². The molecule has 1 aliphatic carbocycles. The maximum atomic E-state index is 12.1. The Labute approximate surface area is 125 Å². The summed E-state index contributed by atoms with van der Waals surface area (Å²) < 4.78 is 6.83. The molecule has 8 heteroatoms. The summed E-state index contributed by atoms with van der Waals surface area (Å²) in [6, 6.07) is 1.69. The third-order valence-corrected chi connectivity index (χ3v) is 3.37. The number of carbonyl (C=O) groups excluding carboxylic acids is 1. The summed E-state index contributed by atoms with van der Waals surface area (Å²) in [5, 5.41) is 6.48. The van der Waals surface area contributed by atoms with Gasteiger partial charge in [-0.3, -0.25) is 9.36 Å². The zero-order valence-corrected chi connectivity index (χ0v) is 11.5. The molecule has 3 heterocycles. The van der Waals surface area contributed by atoms with E-state index in [0.29, 0.717) is 17.6 Å². The van der Waals surface area contributed by atoms with Crippen molar-refractivity contribution in [1.29, 1.82) is 0 Å². The molecule has 0 unspecified atom stereocenters. The van der Waals surface area contributed by atoms with E-state index in [4.69, 9.17) is 4.52 Å². The number of amides is 1. The van der Waals surface area contributed by atoms with Crippen LogP contribution in [0.1, 0.15) is 35.0 Å². The van der Waals surface area contributed by atoms with Gasteiger partial charge in [0.25, 0.3) is 5.91 Å². The molecular weight excluding hydrogens is 284 g/mol. The van der Waals surface area contributed by atoms with Gasteiger partial charge in [0.05, 0.1) is 18.1 Å². The summed E-state index contributed by atoms with van der Waals surface area (Å²) in [4.78, 5) is 24.3. The monoisotopic (exact) mass is 296 g/mol. The zero-order valence-electron chi connectivity index (χ0n) is 11.5. The van der Waals surface area contributed by atoms with Crippen molar-refractivity contribution < 1.29 is 9.32 Å². The van der Waals surface area contributed by atoms with Crippen molar-refractivity contribution in [3.8, 4) is 5.95 Å². The summed E-state index contributed by atoms with van der Waals surface area (Å²) >= 11 is 0. The normalized spacial score (nSPS) is 14.0. The van der Waals surface area contributed by atoms with Crippen molar-refractivity contribution in [2.75, 3.05) is 5.32 Å². The first-order chi connectivity index (χ1) is 10.8. The molecule has 1 saturated carbocycles. The second-order valence-electron chi connectivity index (χ2n) is 5.08. The fraction of sp³-hybridized carbons (Fsp3) is 0.214. The van der Waals surface area contributed by atoms with Gasteiger partial charge in [-0.05, 0) is 12.8 Å². The van der Waals surface area contributed by atoms with Crippen LogP contribution < -0.4 is 5.32 Å². The molecule has 1 N–H and O–H groups in total. The van der Waals surface area contributed by atoms with Gasteiger partial charge in [-0.2, -0.15) is 0 Å². The van der Waals surface area contributed by atoms with Gasteiger partial charge in [0.1, 0.15) is 12.1 Å². The summed E-state index contributed by atoms with van der Waals surface area (Å²) in [5.74, 6) is 1.34. The van der Waals surface area contributed by atoms with Gasteiger partial charge in [-0.1, -0.05) is 5.16 Å². The van der Waals surface area contributed by atoms with Crippen LogP contribution in [-0.2, 0) is 0 Å². The summed E-state index contributed by atoms with van der Waals surface area (Å²) in [7, 11) is 0. The number of anilines is 1. The number of hydrogen-bond acceptors (Lipinski definition) is 6. The van der Waals surface area contributed by atoms with Gasteiger partial charge in [0.15, 0.2) is 5.69 Å². The quantitative estimate of drug-likeness (QED) is 0.788. The molecule has 3 aromatic rings. The van der Waals surface area contributed by atoms with Crippen molar-refractivity contribution in [2.45, 2.75) is 18.8 Å². The van der Waals surface area contributed by atoms with Crippen molar-refractivity contribution in [3.05, 3.63) is 48.6 Å². The lowest BCUT2D eigenvalue weighted by molar-refractivity contribution is 0.101. The number of nitrogens with zero attached hydrogens (tertiary/aromatic N) is 5. The molecule has 0 aliphatic heterocycles. The number of nitrogens with one attached hydrogen (secondary N) is 1. The number of carbonyl (C=O) groups is 1. The third kappa shape index (κ3) is 2.46. The van der Waals surface area contributed by atoms with E-state index in [9.17, 15) is 4.79 Å². The smallest absolute Gasteiger partial charge is 0.277 e. The molecule has 0 saturated heterocycles. The highest BCUT2D eigenvalue weighted by molar-refractivity contribution is 6.02. The molecule has 8 nitrogen and oxygen atoms in total. The number of hydrogen-bond donors (Lipinski definition) is 1. The Morgan fingerprint density at radius 1 is 1.32 bits per heavy atom. The van der Waals surface area contributed by atoms with Crippen LogP contribution in [0.25, 0.3) is 5.95 Å². The highest BCUT2D eigenvalue weighted by atomic mass is 16.5. The van der Waals surface area contributed by atoms with Crippen LogP contribution in [-0.4, -0.2) is 30.6 Å². The van der Waals surface area contributed by atoms with E-state index in [-0.39, 0.29) is 11.6 Å². The Kier molecular flexibility index (Phi) is 2.92.